The first-order valence-electron chi connectivity index (χ1n) is 7.26. The molecule has 1 amide bonds. The monoisotopic (exact) mass is 262 g/mol. The van der Waals surface area contributed by atoms with Crippen molar-refractivity contribution in [1.29, 1.82) is 0 Å². The smallest absolute Gasteiger partial charge is 0.223 e. The van der Waals surface area contributed by atoms with Crippen LogP contribution in [-0.4, -0.2) is 5.91 Å². The zero-order valence-corrected chi connectivity index (χ0v) is 12.1. The van der Waals surface area contributed by atoms with Gasteiger partial charge in [-0.3, -0.25) is 4.79 Å². The molecule has 0 aliphatic rings. The molecule has 1 unspecified atom stereocenters. The van der Waals surface area contributed by atoms with E-state index in [-0.39, 0.29) is 11.8 Å². The lowest BCUT2D eigenvalue weighted by atomic mass is 9.98. The molecule has 1 atom stereocenters. The van der Waals surface area contributed by atoms with Gasteiger partial charge in [-0.2, -0.15) is 0 Å². The molecule has 19 heavy (non-hydrogen) atoms. The van der Waals surface area contributed by atoms with Gasteiger partial charge in [0.05, 0.1) is 0 Å². The maximum absolute atomic E-state index is 12.1. The third kappa shape index (κ3) is 5.43. The number of nitrogens with two attached hydrogens (primary N) is 1. The standard InChI is InChI=1S/C16H26N2O/c1-3-5-9-15(4-2)16(19)18-12-14-8-6-7-13(10-14)11-17/h6-8,10,15H,3-5,9,11-12,17H2,1-2H3,(H,18,19). The first-order chi connectivity index (χ1) is 9.21. The summed E-state index contributed by atoms with van der Waals surface area (Å²) in [4.78, 5) is 12.1. The van der Waals surface area contributed by atoms with Crippen LogP contribution in [0.5, 0.6) is 0 Å². The third-order valence-corrected chi connectivity index (χ3v) is 3.46. The summed E-state index contributed by atoms with van der Waals surface area (Å²) in [5.41, 5.74) is 7.83. The van der Waals surface area contributed by atoms with Crippen molar-refractivity contribution >= 4 is 5.91 Å². The summed E-state index contributed by atoms with van der Waals surface area (Å²) < 4.78 is 0. The number of benzene rings is 1. The number of carbonyl (C=O) groups excluding carboxylic acids is 1. The van der Waals surface area contributed by atoms with Gasteiger partial charge in [0, 0.05) is 19.0 Å². The van der Waals surface area contributed by atoms with E-state index in [0.29, 0.717) is 13.1 Å². The Morgan fingerprint density at radius 2 is 2.05 bits per heavy atom. The molecule has 0 saturated heterocycles. The summed E-state index contributed by atoms with van der Waals surface area (Å²) >= 11 is 0. The molecular formula is C16H26N2O. The van der Waals surface area contributed by atoms with Crippen LogP contribution in [0.4, 0.5) is 0 Å². The minimum atomic E-state index is 0.151. The molecule has 1 aromatic rings. The number of hydrogen-bond acceptors (Lipinski definition) is 2. The van der Waals surface area contributed by atoms with Gasteiger partial charge in [-0.05, 0) is 24.0 Å². The second kappa shape index (κ2) is 8.70. The van der Waals surface area contributed by atoms with E-state index >= 15 is 0 Å². The number of nitrogens with one attached hydrogen (secondary N) is 1. The Hall–Kier alpha value is -1.35. The highest BCUT2D eigenvalue weighted by molar-refractivity contribution is 5.78. The fraction of sp³-hybridized carbons (Fsp3) is 0.562. The van der Waals surface area contributed by atoms with Gasteiger partial charge in [-0.25, -0.2) is 0 Å². The van der Waals surface area contributed by atoms with E-state index < -0.39 is 0 Å². The molecule has 0 aliphatic heterocycles. The Morgan fingerprint density at radius 1 is 1.32 bits per heavy atom. The molecule has 0 saturated carbocycles. The van der Waals surface area contributed by atoms with Crippen molar-refractivity contribution in [3.05, 3.63) is 35.4 Å². The average Bonchev–Trinajstić information content (AvgIpc) is 2.46. The zero-order valence-electron chi connectivity index (χ0n) is 12.1. The second-order valence-electron chi connectivity index (χ2n) is 4.99. The van der Waals surface area contributed by atoms with Crippen LogP contribution in [-0.2, 0) is 17.9 Å². The van der Waals surface area contributed by atoms with E-state index in [4.69, 9.17) is 5.73 Å². The van der Waals surface area contributed by atoms with Crippen molar-refractivity contribution in [2.75, 3.05) is 0 Å². The predicted molar refractivity (Wildman–Crippen MR) is 79.5 cm³/mol. The summed E-state index contributed by atoms with van der Waals surface area (Å²) in [6.45, 7) is 5.36. The molecule has 0 aliphatic carbocycles. The Bertz CT molecular complexity index is 390. The van der Waals surface area contributed by atoms with Crippen LogP contribution in [0.2, 0.25) is 0 Å². The highest BCUT2D eigenvalue weighted by Gasteiger charge is 2.15. The Balaban J connectivity index is 2.47. The molecule has 106 valence electrons. The number of unbranched alkanes of at least 4 members (excludes halogenated alkanes) is 1. The SMILES string of the molecule is CCCCC(CC)C(=O)NCc1cccc(CN)c1. The van der Waals surface area contributed by atoms with Crippen molar-refractivity contribution in [2.24, 2.45) is 11.7 Å². The van der Waals surface area contributed by atoms with Gasteiger partial charge in [-0.15, -0.1) is 0 Å². The van der Waals surface area contributed by atoms with Crippen LogP contribution in [0.15, 0.2) is 24.3 Å². The summed E-state index contributed by atoms with van der Waals surface area (Å²) in [6, 6.07) is 8.05. The lowest BCUT2D eigenvalue weighted by Gasteiger charge is -2.14. The number of carbonyl (C=O) groups is 1. The lowest BCUT2D eigenvalue weighted by molar-refractivity contribution is -0.125. The van der Waals surface area contributed by atoms with Gasteiger partial charge >= 0.3 is 0 Å². The van der Waals surface area contributed by atoms with Crippen molar-refractivity contribution < 1.29 is 4.79 Å². The summed E-state index contributed by atoms with van der Waals surface area (Å²) in [6.07, 6.45) is 4.16. The lowest BCUT2D eigenvalue weighted by Crippen LogP contribution is -2.30. The topological polar surface area (TPSA) is 55.1 Å². The minimum Gasteiger partial charge on any atom is -0.352 e. The Kier molecular flexibility index (Phi) is 7.19. The maximum atomic E-state index is 12.1. The fourth-order valence-corrected chi connectivity index (χ4v) is 2.17. The van der Waals surface area contributed by atoms with Crippen molar-refractivity contribution in [1.82, 2.24) is 5.32 Å². The van der Waals surface area contributed by atoms with Gasteiger partial charge in [0.15, 0.2) is 0 Å². The molecule has 0 fully saturated rings. The minimum absolute atomic E-state index is 0.151. The van der Waals surface area contributed by atoms with Crippen molar-refractivity contribution in [2.45, 2.75) is 52.6 Å². The van der Waals surface area contributed by atoms with Crippen LogP contribution >= 0.6 is 0 Å². The van der Waals surface area contributed by atoms with E-state index in [1.165, 1.54) is 0 Å². The molecule has 3 N–H and O–H groups in total. The van der Waals surface area contributed by atoms with Gasteiger partial charge in [0.25, 0.3) is 0 Å². The maximum Gasteiger partial charge on any atom is 0.223 e. The van der Waals surface area contributed by atoms with Crippen LogP contribution in [0.3, 0.4) is 0 Å². The van der Waals surface area contributed by atoms with E-state index in [9.17, 15) is 4.79 Å². The normalized spacial score (nSPS) is 12.2. The Morgan fingerprint density at radius 3 is 2.68 bits per heavy atom. The van der Waals surface area contributed by atoms with E-state index in [2.05, 4.69) is 19.2 Å². The van der Waals surface area contributed by atoms with E-state index in [0.717, 1.165) is 36.8 Å². The molecule has 0 spiro atoms. The van der Waals surface area contributed by atoms with Crippen molar-refractivity contribution in [3.8, 4) is 0 Å². The largest absolute Gasteiger partial charge is 0.352 e. The van der Waals surface area contributed by atoms with Gasteiger partial charge in [-0.1, -0.05) is 51.0 Å². The molecule has 0 radical (unpaired) electrons. The van der Waals surface area contributed by atoms with Crippen molar-refractivity contribution in [3.63, 3.8) is 0 Å². The Labute approximate surface area is 116 Å². The first-order valence-corrected chi connectivity index (χ1v) is 7.26. The van der Waals surface area contributed by atoms with E-state index in [1.807, 2.05) is 24.3 Å². The first kappa shape index (κ1) is 15.7. The van der Waals surface area contributed by atoms with E-state index in [1.54, 1.807) is 0 Å². The average molecular weight is 262 g/mol. The molecular weight excluding hydrogens is 236 g/mol. The zero-order chi connectivity index (χ0) is 14.1. The molecule has 3 heteroatoms. The predicted octanol–water partition coefficient (Wildman–Crippen LogP) is 2.98. The number of hydrogen-bond donors (Lipinski definition) is 2. The molecule has 3 nitrogen and oxygen atoms in total. The molecule has 1 aromatic carbocycles. The van der Waals surface area contributed by atoms with Gasteiger partial charge in [0.1, 0.15) is 0 Å². The third-order valence-electron chi connectivity index (χ3n) is 3.46. The summed E-state index contributed by atoms with van der Waals surface area (Å²) in [7, 11) is 0. The van der Waals surface area contributed by atoms with Crippen LogP contribution in [0, 0.1) is 5.92 Å². The van der Waals surface area contributed by atoms with Crippen LogP contribution in [0.1, 0.15) is 50.7 Å². The highest BCUT2D eigenvalue weighted by atomic mass is 16.1. The number of amides is 1. The van der Waals surface area contributed by atoms with Crippen LogP contribution in [0.25, 0.3) is 0 Å². The molecule has 0 bridgehead atoms. The summed E-state index contributed by atoms with van der Waals surface area (Å²) in [5, 5.41) is 3.03. The van der Waals surface area contributed by atoms with Crippen LogP contribution < -0.4 is 11.1 Å². The van der Waals surface area contributed by atoms with Gasteiger partial charge < -0.3 is 11.1 Å². The molecule has 1 rings (SSSR count). The number of rotatable bonds is 8. The van der Waals surface area contributed by atoms with Gasteiger partial charge in [0.2, 0.25) is 5.91 Å². The fourth-order valence-electron chi connectivity index (χ4n) is 2.17. The second-order valence-corrected chi connectivity index (χ2v) is 4.99. The highest BCUT2D eigenvalue weighted by Crippen LogP contribution is 2.13. The summed E-state index contributed by atoms with van der Waals surface area (Å²) in [5.74, 6) is 0.326. The molecule has 0 aromatic heterocycles. The quantitative estimate of drug-likeness (QED) is 0.756. The molecule has 0 heterocycles.